The highest BCUT2D eigenvalue weighted by molar-refractivity contribution is 7.17. The summed E-state index contributed by atoms with van der Waals surface area (Å²) in [6, 6.07) is 16.7. The molecule has 0 amide bonds. The number of halogens is 1. The largest absolute Gasteiger partial charge is 0.488 e. The van der Waals surface area contributed by atoms with Crippen LogP contribution < -0.4 is 4.74 Å². The Hall–Kier alpha value is -2.96. The minimum absolute atomic E-state index is 0.219. The monoisotopic (exact) mass is 410 g/mol. The van der Waals surface area contributed by atoms with Crippen LogP contribution in [0.5, 0.6) is 5.75 Å². The summed E-state index contributed by atoms with van der Waals surface area (Å²) >= 11 is 7.71. The average Bonchev–Trinajstić information content (AvgIpc) is 3.23. The van der Waals surface area contributed by atoms with E-state index < -0.39 is 5.97 Å². The van der Waals surface area contributed by atoms with E-state index >= 15 is 0 Å². The lowest BCUT2D eigenvalue weighted by molar-refractivity contribution is 0.0597. The van der Waals surface area contributed by atoms with Crippen LogP contribution in [-0.4, -0.2) is 23.3 Å². The highest BCUT2D eigenvalue weighted by Gasteiger charge is 2.16. The van der Waals surface area contributed by atoms with Gasteiger partial charge < -0.3 is 9.47 Å². The van der Waals surface area contributed by atoms with Crippen molar-refractivity contribution in [1.29, 1.82) is 0 Å². The Labute approximate surface area is 170 Å². The molecule has 0 radical (unpaired) electrons. The van der Waals surface area contributed by atoms with Gasteiger partial charge in [0, 0.05) is 16.5 Å². The van der Waals surface area contributed by atoms with Gasteiger partial charge in [-0.15, -0.1) is 21.5 Å². The predicted molar refractivity (Wildman–Crippen MR) is 110 cm³/mol. The number of methoxy groups -OCH3 is 1. The van der Waals surface area contributed by atoms with Gasteiger partial charge in [0.15, 0.2) is 5.15 Å². The molecule has 4 rings (SSSR count). The van der Waals surface area contributed by atoms with Crippen LogP contribution in [0.1, 0.15) is 15.9 Å². The lowest BCUT2D eigenvalue weighted by Gasteiger charge is -2.13. The number of hydrogen-bond donors (Lipinski definition) is 0. The summed E-state index contributed by atoms with van der Waals surface area (Å²) in [5.74, 6) is 0.254. The number of rotatable bonds is 5. The van der Waals surface area contributed by atoms with Gasteiger partial charge in [-0.1, -0.05) is 41.9 Å². The van der Waals surface area contributed by atoms with Gasteiger partial charge in [0.1, 0.15) is 18.1 Å². The first-order valence-corrected chi connectivity index (χ1v) is 9.72. The first-order valence-electron chi connectivity index (χ1n) is 8.47. The number of aromatic nitrogens is 2. The molecule has 0 spiro atoms. The van der Waals surface area contributed by atoms with Crippen molar-refractivity contribution in [2.45, 2.75) is 6.61 Å². The summed E-state index contributed by atoms with van der Waals surface area (Å²) in [4.78, 5) is 12.0. The lowest BCUT2D eigenvalue weighted by atomic mass is 10.1. The maximum absolute atomic E-state index is 12.0. The van der Waals surface area contributed by atoms with Gasteiger partial charge >= 0.3 is 5.97 Å². The van der Waals surface area contributed by atoms with Crippen LogP contribution in [0.15, 0.2) is 60.0 Å². The van der Waals surface area contributed by atoms with Crippen molar-refractivity contribution < 1.29 is 14.3 Å². The number of thiophene rings is 1. The van der Waals surface area contributed by atoms with Crippen LogP contribution in [-0.2, 0) is 11.3 Å². The fourth-order valence-electron chi connectivity index (χ4n) is 2.92. The van der Waals surface area contributed by atoms with Crippen LogP contribution >= 0.6 is 22.9 Å². The van der Waals surface area contributed by atoms with Crippen LogP contribution in [0.4, 0.5) is 0 Å². The first-order chi connectivity index (χ1) is 13.7. The Balaban J connectivity index is 1.69. The second kappa shape index (κ2) is 7.96. The smallest absolute Gasteiger partial charge is 0.338 e. The zero-order valence-corrected chi connectivity index (χ0v) is 16.5. The van der Waals surface area contributed by atoms with Crippen LogP contribution in [0.3, 0.4) is 0 Å². The third kappa shape index (κ3) is 3.44. The van der Waals surface area contributed by atoms with Crippen molar-refractivity contribution in [2.75, 3.05) is 7.11 Å². The molecule has 0 aliphatic heterocycles. The summed E-state index contributed by atoms with van der Waals surface area (Å²) in [6.45, 7) is 0.219. The van der Waals surface area contributed by atoms with Crippen LogP contribution in [0, 0.1) is 0 Å². The van der Waals surface area contributed by atoms with Crippen molar-refractivity contribution in [3.8, 4) is 17.0 Å². The Bertz CT molecular complexity index is 1160. The fraction of sp³-hybridized carbons (Fsp3) is 0.0952. The summed E-state index contributed by atoms with van der Waals surface area (Å²) in [6.07, 6.45) is 0. The summed E-state index contributed by atoms with van der Waals surface area (Å²) in [5, 5.41) is 11.6. The third-order valence-electron chi connectivity index (χ3n) is 4.29. The number of esters is 1. The number of ether oxygens (including phenoxy) is 2. The van der Waals surface area contributed by atoms with Gasteiger partial charge in [-0.25, -0.2) is 4.79 Å². The quantitative estimate of drug-likeness (QED) is 0.413. The van der Waals surface area contributed by atoms with Crippen molar-refractivity contribution in [2.24, 2.45) is 0 Å². The molecule has 0 aliphatic carbocycles. The maximum atomic E-state index is 12.0. The number of hydrogen-bond acceptors (Lipinski definition) is 6. The van der Waals surface area contributed by atoms with Gasteiger partial charge in [-0.2, -0.15) is 0 Å². The second-order valence-electron chi connectivity index (χ2n) is 5.94. The lowest BCUT2D eigenvalue weighted by Crippen LogP contribution is -2.08. The van der Waals surface area contributed by atoms with Crippen LogP contribution in [0.25, 0.3) is 21.3 Å². The zero-order valence-electron chi connectivity index (χ0n) is 14.9. The minimum Gasteiger partial charge on any atom is -0.488 e. The van der Waals surface area contributed by atoms with Crippen LogP contribution in [0.2, 0.25) is 5.15 Å². The highest BCUT2D eigenvalue weighted by atomic mass is 35.5. The molecular formula is C21H15ClN2O3S. The van der Waals surface area contributed by atoms with E-state index in [-0.39, 0.29) is 6.61 Å². The van der Waals surface area contributed by atoms with Gasteiger partial charge in [-0.3, -0.25) is 0 Å². The minimum atomic E-state index is -0.392. The van der Waals surface area contributed by atoms with E-state index in [1.54, 1.807) is 23.5 Å². The molecular weight excluding hydrogens is 396 g/mol. The van der Waals surface area contributed by atoms with Crippen molar-refractivity contribution in [3.63, 3.8) is 0 Å². The molecule has 5 nitrogen and oxygen atoms in total. The number of benzene rings is 2. The molecule has 0 saturated carbocycles. The Morgan fingerprint density at radius 1 is 1.07 bits per heavy atom. The molecule has 0 unspecified atom stereocenters. The number of carbonyl (C=O) groups is 1. The molecule has 28 heavy (non-hydrogen) atoms. The van der Waals surface area contributed by atoms with E-state index in [9.17, 15) is 4.79 Å². The molecule has 2 heterocycles. The Kier molecular flexibility index (Phi) is 5.23. The molecule has 0 atom stereocenters. The first kappa shape index (κ1) is 18.4. The van der Waals surface area contributed by atoms with E-state index in [1.165, 1.54) is 7.11 Å². The van der Waals surface area contributed by atoms with E-state index in [0.29, 0.717) is 22.2 Å². The third-order valence-corrected chi connectivity index (χ3v) is 5.49. The Morgan fingerprint density at radius 2 is 1.86 bits per heavy atom. The molecule has 0 N–H and O–H groups in total. The Morgan fingerprint density at radius 3 is 2.71 bits per heavy atom. The van der Waals surface area contributed by atoms with Gasteiger partial charge in [0.2, 0.25) is 0 Å². The average molecular weight is 411 g/mol. The molecule has 7 heteroatoms. The summed E-state index contributed by atoms with van der Waals surface area (Å²) in [7, 11) is 1.36. The molecule has 0 fully saturated rings. The van der Waals surface area contributed by atoms with E-state index in [4.69, 9.17) is 21.1 Å². The molecule has 0 aliphatic rings. The number of fused-ring (bicyclic) bond motifs is 1. The van der Waals surface area contributed by atoms with Gasteiger partial charge in [0.05, 0.1) is 17.4 Å². The standard InChI is InChI=1S/C21H15ClN2O3S/c1-26-21(25)14-7-3-2-6-13(14)12-27-17-9-5-4-8-15(17)18-19-16(10-11-28-19)20(22)24-23-18/h2-11H,12H2,1H3. The van der Waals surface area contributed by atoms with Crippen molar-refractivity contribution in [3.05, 3.63) is 76.3 Å². The molecule has 0 bridgehead atoms. The normalized spacial score (nSPS) is 10.8. The zero-order chi connectivity index (χ0) is 19.5. The van der Waals surface area contributed by atoms with E-state index in [2.05, 4.69) is 10.2 Å². The maximum Gasteiger partial charge on any atom is 0.338 e. The van der Waals surface area contributed by atoms with Crippen molar-refractivity contribution >= 4 is 39.0 Å². The van der Waals surface area contributed by atoms with Crippen molar-refractivity contribution in [1.82, 2.24) is 10.2 Å². The molecule has 2 aromatic heterocycles. The topological polar surface area (TPSA) is 61.3 Å². The molecule has 0 saturated heterocycles. The predicted octanol–water partition coefficient (Wildman–Crippen LogP) is 5.38. The van der Waals surface area contributed by atoms with E-state index in [1.807, 2.05) is 47.8 Å². The van der Waals surface area contributed by atoms with Gasteiger partial charge in [0.25, 0.3) is 0 Å². The number of carbonyl (C=O) groups excluding carboxylic acids is 1. The summed E-state index contributed by atoms with van der Waals surface area (Å²) < 4.78 is 11.9. The number of nitrogens with zero attached hydrogens (tertiary/aromatic N) is 2. The molecule has 140 valence electrons. The molecule has 2 aromatic carbocycles. The number of para-hydroxylation sites is 1. The summed E-state index contributed by atoms with van der Waals surface area (Å²) in [5.41, 5.74) is 2.75. The highest BCUT2D eigenvalue weighted by Crippen LogP contribution is 2.37. The SMILES string of the molecule is COC(=O)c1ccccc1COc1ccccc1-c1nnc(Cl)c2ccsc12. The second-order valence-corrected chi connectivity index (χ2v) is 7.21. The van der Waals surface area contributed by atoms with E-state index in [0.717, 1.165) is 21.2 Å². The van der Waals surface area contributed by atoms with Gasteiger partial charge in [-0.05, 0) is 29.6 Å². The molecule has 4 aromatic rings. The fourth-order valence-corrected chi connectivity index (χ4v) is 4.07.